The Bertz CT molecular complexity index is 832. The molecular formula is C16H21N3O4S. The molecule has 7 nitrogen and oxygen atoms in total. The lowest BCUT2D eigenvalue weighted by molar-refractivity contribution is 0.129. The first-order valence-electron chi connectivity index (χ1n) is 8.37. The minimum absolute atomic E-state index is 0.0243. The van der Waals surface area contributed by atoms with Crippen molar-refractivity contribution in [3.8, 4) is 0 Å². The molecule has 0 spiro atoms. The second-order valence-electron chi connectivity index (χ2n) is 7.15. The molecule has 1 N–H and O–H groups in total. The number of sulfone groups is 1. The van der Waals surface area contributed by atoms with Gasteiger partial charge in [-0.1, -0.05) is 6.07 Å². The van der Waals surface area contributed by atoms with Crippen LogP contribution in [0.4, 0.5) is 4.79 Å². The predicted octanol–water partition coefficient (Wildman–Crippen LogP) is 0.164. The number of carbonyl (C=O) groups is 1. The number of nitrogens with zero attached hydrogens (tertiary/aromatic N) is 2. The maximum absolute atomic E-state index is 12.5. The molecule has 1 aromatic heterocycles. The molecule has 2 bridgehead atoms. The van der Waals surface area contributed by atoms with Crippen molar-refractivity contribution in [1.82, 2.24) is 14.8 Å². The van der Waals surface area contributed by atoms with Crippen LogP contribution in [0.25, 0.3) is 0 Å². The van der Waals surface area contributed by atoms with E-state index in [9.17, 15) is 18.0 Å². The minimum Gasteiger partial charge on any atom is -0.334 e. The molecule has 130 valence electrons. The van der Waals surface area contributed by atoms with Gasteiger partial charge in [-0.05, 0) is 24.8 Å². The SMILES string of the molecule is O=C(N[C@@H]1CCS(=O)(=O)C1)N1C[C@H]2C[C@@H](C1)c1cccc(=O)n1C2. The van der Waals surface area contributed by atoms with E-state index < -0.39 is 9.84 Å². The zero-order valence-corrected chi connectivity index (χ0v) is 14.2. The Balaban J connectivity index is 1.48. The molecule has 0 aliphatic carbocycles. The van der Waals surface area contributed by atoms with Gasteiger partial charge in [0.15, 0.2) is 9.84 Å². The van der Waals surface area contributed by atoms with Gasteiger partial charge in [-0.25, -0.2) is 13.2 Å². The van der Waals surface area contributed by atoms with Crippen LogP contribution < -0.4 is 10.9 Å². The third-order valence-corrected chi connectivity index (χ3v) is 7.09. The molecule has 2 amide bonds. The first-order valence-corrected chi connectivity index (χ1v) is 10.2. The zero-order chi connectivity index (χ0) is 16.9. The van der Waals surface area contributed by atoms with E-state index in [4.69, 9.17) is 0 Å². The fourth-order valence-corrected chi connectivity index (χ4v) is 5.91. The van der Waals surface area contributed by atoms with Crippen molar-refractivity contribution < 1.29 is 13.2 Å². The van der Waals surface area contributed by atoms with E-state index in [1.807, 2.05) is 10.6 Å². The topological polar surface area (TPSA) is 88.5 Å². The molecule has 0 saturated carbocycles. The summed E-state index contributed by atoms with van der Waals surface area (Å²) in [6, 6.07) is 4.86. The van der Waals surface area contributed by atoms with Gasteiger partial charge >= 0.3 is 6.03 Å². The van der Waals surface area contributed by atoms with Crippen LogP contribution in [-0.2, 0) is 16.4 Å². The highest BCUT2D eigenvalue weighted by Crippen LogP contribution is 2.34. The highest BCUT2D eigenvalue weighted by molar-refractivity contribution is 7.91. The van der Waals surface area contributed by atoms with E-state index in [0.717, 1.165) is 12.1 Å². The molecule has 3 aliphatic heterocycles. The van der Waals surface area contributed by atoms with Gasteiger partial charge in [0.1, 0.15) is 0 Å². The van der Waals surface area contributed by atoms with Crippen LogP contribution in [0.5, 0.6) is 0 Å². The van der Waals surface area contributed by atoms with Gasteiger partial charge in [0.05, 0.1) is 11.5 Å². The number of likely N-dealkylation sites (tertiary alicyclic amines) is 1. The summed E-state index contributed by atoms with van der Waals surface area (Å²) in [5.41, 5.74) is 1.02. The number of fused-ring (bicyclic) bond motifs is 4. The molecule has 3 aliphatic rings. The van der Waals surface area contributed by atoms with Crippen molar-refractivity contribution in [2.24, 2.45) is 5.92 Å². The Morgan fingerprint density at radius 1 is 1.21 bits per heavy atom. The monoisotopic (exact) mass is 351 g/mol. The van der Waals surface area contributed by atoms with Gasteiger partial charge < -0.3 is 14.8 Å². The third kappa shape index (κ3) is 2.83. The van der Waals surface area contributed by atoms with Gasteiger partial charge in [0.2, 0.25) is 0 Å². The first-order chi connectivity index (χ1) is 11.4. The van der Waals surface area contributed by atoms with Gasteiger partial charge in [0, 0.05) is 43.4 Å². The van der Waals surface area contributed by atoms with Crippen LogP contribution >= 0.6 is 0 Å². The minimum atomic E-state index is -3.00. The highest BCUT2D eigenvalue weighted by Gasteiger charge is 2.37. The number of piperidine rings is 1. The van der Waals surface area contributed by atoms with Crippen LogP contribution in [0.3, 0.4) is 0 Å². The lowest BCUT2D eigenvalue weighted by Crippen LogP contribution is -2.53. The van der Waals surface area contributed by atoms with Crippen molar-refractivity contribution in [3.05, 3.63) is 34.2 Å². The van der Waals surface area contributed by atoms with Gasteiger partial charge in [-0.2, -0.15) is 0 Å². The van der Waals surface area contributed by atoms with Crippen LogP contribution in [0.2, 0.25) is 0 Å². The molecule has 0 unspecified atom stereocenters. The number of rotatable bonds is 1. The normalized spacial score (nSPS) is 30.7. The van der Waals surface area contributed by atoms with E-state index in [2.05, 4.69) is 5.32 Å². The van der Waals surface area contributed by atoms with E-state index in [0.29, 0.717) is 26.1 Å². The average molecular weight is 351 g/mol. The summed E-state index contributed by atoms with van der Waals surface area (Å²) in [4.78, 5) is 26.3. The average Bonchev–Trinajstić information content (AvgIpc) is 2.87. The maximum atomic E-state index is 12.5. The van der Waals surface area contributed by atoms with Gasteiger partial charge in [-0.3, -0.25) is 4.79 Å². The van der Waals surface area contributed by atoms with Crippen molar-refractivity contribution in [1.29, 1.82) is 0 Å². The summed E-state index contributed by atoms with van der Waals surface area (Å²) in [6.07, 6.45) is 1.48. The van der Waals surface area contributed by atoms with E-state index >= 15 is 0 Å². The second kappa shape index (κ2) is 5.61. The zero-order valence-electron chi connectivity index (χ0n) is 13.3. The quantitative estimate of drug-likeness (QED) is 0.781. The van der Waals surface area contributed by atoms with Crippen LogP contribution in [-0.4, -0.2) is 54.6 Å². The van der Waals surface area contributed by atoms with Crippen LogP contribution in [0.1, 0.15) is 24.5 Å². The Morgan fingerprint density at radius 2 is 2.04 bits per heavy atom. The number of urea groups is 1. The molecule has 0 radical (unpaired) electrons. The van der Waals surface area contributed by atoms with Crippen molar-refractivity contribution in [3.63, 3.8) is 0 Å². The number of carbonyl (C=O) groups excluding carboxylic acids is 1. The summed E-state index contributed by atoms with van der Waals surface area (Å²) in [6.45, 7) is 1.83. The summed E-state index contributed by atoms with van der Waals surface area (Å²) >= 11 is 0. The summed E-state index contributed by atoms with van der Waals surface area (Å²) in [7, 11) is -3.00. The lowest BCUT2D eigenvalue weighted by Gasteiger charge is -2.42. The van der Waals surface area contributed by atoms with E-state index in [-0.39, 0.29) is 41.0 Å². The van der Waals surface area contributed by atoms with Crippen molar-refractivity contribution in [2.75, 3.05) is 24.6 Å². The van der Waals surface area contributed by atoms with Crippen molar-refractivity contribution in [2.45, 2.75) is 31.3 Å². The standard InChI is InChI=1S/C16H21N3O4S/c20-15-3-1-2-14-12-6-11(8-19(14)15)7-18(9-12)16(21)17-13-4-5-24(22,23)10-13/h1-3,11-13H,4-10H2,(H,17,21)/t11-,12+,13-/m1/s1. The molecule has 3 atom stereocenters. The molecule has 2 saturated heterocycles. The molecule has 2 fully saturated rings. The van der Waals surface area contributed by atoms with E-state index in [1.54, 1.807) is 17.0 Å². The number of hydrogen-bond acceptors (Lipinski definition) is 4. The molecule has 0 aromatic carbocycles. The Labute approximate surface area is 140 Å². The summed E-state index contributed by atoms with van der Waals surface area (Å²) in [5.74, 6) is 0.635. The number of hydrogen-bond donors (Lipinski definition) is 1. The fourth-order valence-electron chi connectivity index (χ4n) is 4.24. The lowest BCUT2D eigenvalue weighted by atomic mass is 9.83. The Kier molecular flexibility index (Phi) is 3.67. The maximum Gasteiger partial charge on any atom is 0.317 e. The molecular weight excluding hydrogens is 330 g/mol. The summed E-state index contributed by atoms with van der Waals surface area (Å²) in [5, 5.41) is 2.87. The van der Waals surface area contributed by atoms with Crippen LogP contribution in [0.15, 0.2) is 23.0 Å². The largest absolute Gasteiger partial charge is 0.334 e. The fraction of sp³-hybridized carbons (Fsp3) is 0.625. The molecule has 8 heteroatoms. The predicted molar refractivity (Wildman–Crippen MR) is 88.7 cm³/mol. The molecule has 24 heavy (non-hydrogen) atoms. The van der Waals surface area contributed by atoms with Gasteiger partial charge in [-0.15, -0.1) is 0 Å². The summed E-state index contributed by atoms with van der Waals surface area (Å²) < 4.78 is 24.9. The first kappa shape index (κ1) is 15.7. The molecule has 4 rings (SSSR count). The van der Waals surface area contributed by atoms with Crippen molar-refractivity contribution >= 4 is 15.9 Å². The smallest absolute Gasteiger partial charge is 0.317 e. The second-order valence-corrected chi connectivity index (χ2v) is 9.38. The number of amides is 2. The molecule has 1 aromatic rings. The highest BCUT2D eigenvalue weighted by atomic mass is 32.2. The van der Waals surface area contributed by atoms with E-state index in [1.165, 1.54) is 0 Å². The third-order valence-electron chi connectivity index (χ3n) is 5.33. The number of pyridine rings is 1. The van der Waals surface area contributed by atoms with Gasteiger partial charge in [0.25, 0.3) is 5.56 Å². The Hall–Kier alpha value is -1.83. The number of aromatic nitrogens is 1. The molecule has 4 heterocycles. The van der Waals surface area contributed by atoms with Crippen LogP contribution in [0, 0.1) is 5.92 Å². The Morgan fingerprint density at radius 3 is 2.79 bits per heavy atom. The number of nitrogens with one attached hydrogen (secondary N) is 1.